The van der Waals surface area contributed by atoms with Crippen LogP contribution < -0.4 is 0 Å². The smallest absolute Gasteiger partial charge is 0.227 e. The fraction of sp³-hybridized carbons (Fsp3) is 1.00. The summed E-state index contributed by atoms with van der Waals surface area (Å²) in [5.74, 6) is 0.223. The van der Waals surface area contributed by atoms with Gasteiger partial charge in [0.1, 0.15) is 11.2 Å². The predicted molar refractivity (Wildman–Crippen MR) is 106 cm³/mol. The Hall–Kier alpha value is -0.160. The number of hydrogen-bond donors (Lipinski definition) is 0. The van der Waals surface area contributed by atoms with Crippen LogP contribution in [-0.4, -0.2) is 17.0 Å². The Bertz CT molecular complexity index is 335. The molecule has 0 aromatic heterocycles. The molecule has 0 amide bonds. The van der Waals surface area contributed by atoms with Gasteiger partial charge in [0.25, 0.3) is 0 Å². The van der Waals surface area contributed by atoms with Gasteiger partial charge in [0, 0.05) is 12.8 Å². The van der Waals surface area contributed by atoms with Gasteiger partial charge in [0.15, 0.2) is 0 Å². The Kier molecular flexibility index (Phi) is 9.55. The average Bonchev–Trinajstić information content (AvgIpc) is 2.64. The van der Waals surface area contributed by atoms with E-state index in [-0.39, 0.29) is 11.2 Å². The van der Waals surface area contributed by atoms with Gasteiger partial charge < -0.3 is 0 Å². The van der Waals surface area contributed by atoms with E-state index in [1.807, 2.05) is 0 Å². The molecule has 0 aromatic rings. The summed E-state index contributed by atoms with van der Waals surface area (Å²) in [6, 6.07) is 0. The van der Waals surface area contributed by atoms with E-state index in [0.29, 0.717) is 11.8 Å². The third-order valence-corrected chi connectivity index (χ3v) is 6.73. The van der Waals surface area contributed by atoms with Crippen LogP contribution in [0, 0.1) is 11.8 Å². The van der Waals surface area contributed by atoms with Crippen molar-refractivity contribution in [3.8, 4) is 0 Å². The van der Waals surface area contributed by atoms with Crippen molar-refractivity contribution in [3.05, 3.63) is 0 Å². The summed E-state index contributed by atoms with van der Waals surface area (Å²) in [4.78, 5) is 24.4. The van der Waals surface area contributed by atoms with E-state index in [4.69, 9.17) is 19.6 Å². The molecule has 0 heterocycles. The van der Waals surface area contributed by atoms with Crippen molar-refractivity contribution in [1.82, 2.24) is 0 Å². The van der Waals surface area contributed by atoms with E-state index in [1.54, 1.807) is 0 Å². The van der Waals surface area contributed by atoms with Crippen LogP contribution in [0.25, 0.3) is 0 Å². The van der Waals surface area contributed by atoms with Gasteiger partial charge in [-0.15, -0.1) is 0 Å². The highest BCUT2D eigenvalue weighted by Crippen LogP contribution is 2.42. The molecule has 2 unspecified atom stereocenters. The zero-order chi connectivity index (χ0) is 19.8. The maximum Gasteiger partial charge on any atom is 0.234 e. The largest absolute Gasteiger partial charge is 0.234 e. The summed E-state index contributed by atoms with van der Waals surface area (Å²) in [6.45, 7) is 17.5. The van der Waals surface area contributed by atoms with Gasteiger partial charge >= 0.3 is 0 Å². The molecular formula is C22H44O4. The van der Waals surface area contributed by atoms with Gasteiger partial charge in [0.2, 0.25) is 5.79 Å². The second-order valence-electron chi connectivity index (χ2n) is 8.59. The summed E-state index contributed by atoms with van der Waals surface area (Å²) in [6.07, 6.45) is 8.33. The summed E-state index contributed by atoms with van der Waals surface area (Å²) in [7, 11) is 0. The second-order valence-corrected chi connectivity index (χ2v) is 8.59. The van der Waals surface area contributed by atoms with E-state index in [0.717, 1.165) is 51.4 Å². The van der Waals surface area contributed by atoms with Crippen LogP contribution in [0.5, 0.6) is 0 Å². The fourth-order valence-electron chi connectivity index (χ4n) is 4.33. The van der Waals surface area contributed by atoms with E-state index in [1.165, 1.54) is 6.42 Å². The summed E-state index contributed by atoms with van der Waals surface area (Å²) < 4.78 is 0. The highest BCUT2D eigenvalue weighted by molar-refractivity contribution is 4.83. The monoisotopic (exact) mass is 372 g/mol. The molecule has 2 atom stereocenters. The molecule has 0 aliphatic heterocycles. The van der Waals surface area contributed by atoms with Crippen molar-refractivity contribution in [2.75, 3.05) is 0 Å². The van der Waals surface area contributed by atoms with Crippen LogP contribution in [0.2, 0.25) is 0 Å². The van der Waals surface area contributed by atoms with Crippen molar-refractivity contribution >= 4 is 0 Å². The zero-order valence-corrected chi connectivity index (χ0v) is 18.7. The van der Waals surface area contributed by atoms with Crippen LogP contribution in [-0.2, 0) is 19.6 Å². The Balaban J connectivity index is 2.96. The molecule has 1 aliphatic carbocycles. The van der Waals surface area contributed by atoms with Gasteiger partial charge in [-0.05, 0) is 56.8 Å². The molecule has 0 aromatic carbocycles. The van der Waals surface area contributed by atoms with E-state index in [2.05, 4.69) is 55.4 Å². The van der Waals surface area contributed by atoms with Gasteiger partial charge in [0.05, 0.1) is 0 Å². The molecule has 26 heavy (non-hydrogen) atoms. The van der Waals surface area contributed by atoms with Gasteiger partial charge in [-0.2, -0.15) is 9.78 Å². The Labute approximate surface area is 162 Å². The van der Waals surface area contributed by atoms with Crippen LogP contribution in [0.1, 0.15) is 113 Å². The Morgan fingerprint density at radius 1 is 0.654 bits per heavy atom. The lowest BCUT2D eigenvalue weighted by Crippen LogP contribution is -2.48. The van der Waals surface area contributed by atoms with Crippen LogP contribution in [0.15, 0.2) is 0 Å². The third-order valence-electron chi connectivity index (χ3n) is 6.73. The first-order chi connectivity index (χ1) is 12.3. The molecule has 1 aliphatic rings. The molecule has 1 saturated carbocycles. The topological polar surface area (TPSA) is 36.9 Å². The number of hydrogen-bond acceptors (Lipinski definition) is 4. The first-order valence-electron chi connectivity index (χ1n) is 11.0. The molecule has 4 heteroatoms. The lowest BCUT2D eigenvalue weighted by molar-refractivity contribution is -0.556. The van der Waals surface area contributed by atoms with Crippen LogP contribution in [0.3, 0.4) is 0 Å². The standard InChI is InChI=1S/C22H44O4/c1-9-20(10-2,11-3)23-25-22(16-18(7)15-19(8)17-22)26-24-21(12-4,13-5)14-6/h18-19H,9-17H2,1-8H3. The van der Waals surface area contributed by atoms with Crippen molar-refractivity contribution in [1.29, 1.82) is 0 Å². The summed E-state index contributed by atoms with van der Waals surface area (Å²) in [5, 5.41) is 0. The molecule has 0 saturated heterocycles. The molecule has 4 nitrogen and oxygen atoms in total. The normalized spacial score (nSPS) is 24.0. The van der Waals surface area contributed by atoms with Crippen molar-refractivity contribution in [3.63, 3.8) is 0 Å². The molecule has 0 radical (unpaired) electrons. The lowest BCUT2D eigenvalue weighted by atomic mass is 9.79. The molecule has 0 N–H and O–H groups in total. The third kappa shape index (κ3) is 5.92. The number of rotatable bonds is 12. The zero-order valence-electron chi connectivity index (χ0n) is 18.7. The minimum atomic E-state index is -0.813. The SMILES string of the molecule is CCC(CC)(CC)OOC1(OOC(CC)(CC)CC)CC(C)CC(C)C1. The lowest BCUT2D eigenvalue weighted by Gasteiger charge is -2.43. The Morgan fingerprint density at radius 2 is 0.962 bits per heavy atom. The minimum Gasteiger partial charge on any atom is -0.227 e. The van der Waals surface area contributed by atoms with E-state index >= 15 is 0 Å². The first-order valence-corrected chi connectivity index (χ1v) is 11.0. The summed E-state index contributed by atoms with van der Waals surface area (Å²) in [5.41, 5.74) is -0.505. The van der Waals surface area contributed by atoms with Crippen LogP contribution in [0.4, 0.5) is 0 Å². The van der Waals surface area contributed by atoms with Gasteiger partial charge in [-0.1, -0.05) is 55.4 Å². The molecule has 1 fully saturated rings. The Morgan fingerprint density at radius 3 is 1.23 bits per heavy atom. The van der Waals surface area contributed by atoms with Gasteiger partial charge in [-0.3, -0.25) is 0 Å². The highest BCUT2D eigenvalue weighted by Gasteiger charge is 2.46. The molecule has 0 bridgehead atoms. The van der Waals surface area contributed by atoms with E-state index < -0.39 is 5.79 Å². The minimum absolute atomic E-state index is 0.252. The quantitative estimate of drug-likeness (QED) is 0.210. The van der Waals surface area contributed by atoms with Crippen LogP contribution >= 0.6 is 0 Å². The molecule has 0 spiro atoms. The maximum atomic E-state index is 6.13. The molecule has 1 rings (SSSR count). The first kappa shape index (κ1) is 23.9. The highest BCUT2D eigenvalue weighted by atomic mass is 17.3. The molecular weight excluding hydrogens is 328 g/mol. The second kappa shape index (κ2) is 10.4. The fourth-order valence-corrected chi connectivity index (χ4v) is 4.33. The van der Waals surface area contributed by atoms with Gasteiger partial charge in [-0.25, -0.2) is 9.78 Å². The molecule has 156 valence electrons. The van der Waals surface area contributed by atoms with Crippen molar-refractivity contribution < 1.29 is 19.6 Å². The predicted octanol–water partition coefficient (Wildman–Crippen LogP) is 6.97. The van der Waals surface area contributed by atoms with E-state index in [9.17, 15) is 0 Å². The van der Waals surface area contributed by atoms with Crippen molar-refractivity contribution in [2.45, 2.75) is 130 Å². The average molecular weight is 373 g/mol. The summed E-state index contributed by atoms with van der Waals surface area (Å²) >= 11 is 0. The van der Waals surface area contributed by atoms with Crippen molar-refractivity contribution in [2.24, 2.45) is 11.8 Å². The maximum absolute atomic E-state index is 6.13.